The molecule has 2 aromatic carbocycles. The van der Waals surface area contributed by atoms with E-state index >= 15 is 0 Å². The first-order valence-electron chi connectivity index (χ1n) is 7.58. The predicted molar refractivity (Wildman–Crippen MR) is 96.8 cm³/mol. The van der Waals surface area contributed by atoms with Crippen LogP contribution in [0, 0.1) is 13.8 Å². The summed E-state index contributed by atoms with van der Waals surface area (Å²) < 4.78 is 5.65. The van der Waals surface area contributed by atoms with Crippen molar-refractivity contribution >= 4 is 34.1 Å². The summed E-state index contributed by atoms with van der Waals surface area (Å²) >= 11 is 6.06. The van der Waals surface area contributed by atoms with Gasteiger partial charge in [0.05, 0.1) is 0 Å². The van der Waals surface area contributed by atoms with Gasteiger partial charge < -0.3 is 10.1 Å². The first kappa shape index (κ1) is 16.3. The van der Waals surface area contributed by atoms with E-state index in [1.807, 2.05) is 56.3 Å². The monoisotopic (exact) mass is 340 g/mol. The lowest BCUT2D eigenvalue weighted by molar-refractivity contribution is -0.118. The zero-order valence-corrected chi connectivity index (χ0v) is 14.2. The number of carbonyl (C=O) groups is 1. The summed E-state index contributed by atoms with van der Waals surface area (Å²) in [6, 6.07) is 15.0. The lowest BCUT2D eigenvalue weighted by Crippen LogP contribution is -2.20. The molecular formula is C19H17ClN2O2. The van der Waals surface area contributed by atoms with Crippen LogP contribution in [-0.4, -0.2) is 17.5 Å². The largest absolute Gasteiger partial charge is 0.481 e. The Bertz CT molecular complexity index is 909. The minimum absolute atomic E-state index is 0.0970. The van der Waals surface area contributed by atoms with Crippen molar-refractivity contribution in [2.75, 3.05) is 11.9 Å². The smallest absolute Gasteiger partial charge is 0.262 e. The zero-order valence-electron chi connectivity index (χ0n) is 13.5. The molecule has 1 heterocycles. The van der Waals surface area contributed by atoms with Crippen molar-refractivity contribution in [1.29, 1.82) is 0 Å². The number of fused-ring (bicyclic) bond motifs is 1. The molecule has 0 radical (unpaired) electrons. The fourth-order valence-corrected chi connectivity index (χ4v) is 2.53. The molecule has 24 heavy (non-hydrogen) atoms. The van der Waals surface area contributed by atoms with E-state index in [2.05, 4.69) is 10.3 Å². The average Bonchev–Trinajstić information content (AvgIpc) is 2.56. The van der Waals surface area contributed by atoms with Crippen molar-refractivity contribution in [3.8, 4) is 5.75 Å². The topological polar surface area (TPSA) is 51.2 Å². The highest BCUT2D eigenvalue weighted by atomic mass is 35.5. The molecule has 0 bridgehead atoms. The number of amides is 1. The van der Waals surface area contributed by atoms with E-state index in [0.717, 1.165) is 22.2 Å². The van der Waals surface area contributed by atoms with E-state index < -0.39 is 0 Å². The summed E-state index contributed by atoms with van der Waals surface area (Å²) in [6.07, 6.45) is 0. The number of hydrogen-bond donors (Lipinski definition) is 1. The van der Waals surface area contributed by atoms with Crippen LogP contribution in [0.5, 0.6) is 5.75 Å². The van der Waals surface area contributed by atoms with Crippen molar-refractivity contribution in [2.45, 2.75) is 13.8 Å². The van der Waals surface area contributed by atoms with Gasteiger partial charge in [-0.2, -0.15) is 0 Å². The first-order valence-corrected chi connectivity index (χ1v) is 7.96. The molecule has 0 saturated heterocycles. The van der Waals surface area contributed by atoms with Gasteiger partial charge in [-0.1, -0.05) is 35.9 Å². The third kappa shape index (κ3) is 3.66. The number of pyridine rings is 1. The number of para-hydroxylation sites is 1. The van der Waals surface area contributed by atoms with E-state index in [1.165, 1.54) is 0 Å². The summed E-state index contributed by atoms with van der Waals surface area (Å²) in [5.74, 6) is 0.341. The molecule has 0 aliphatic rings. The van der Waals surface area contributed by atoms with Gasteiger partial charge in [-0.3, -0.25) is 4.79 Å². The Balaban J connectivity index is 1.70. The van der Waals surface area contributed by atoms with Crippen LogP contribution in [0.4, 0.5) is 5.69 Å². The van der Waals surface area contributed by atoms with Gasteiger partial charge in [0.25, 0.3) is 5.91 Å². The number of anilines is 1. The van der Waals surface area contributed by atoms with Gasteiger partial charge >= 0.3 is 0 Å². The summed E-state index contributed by atoms with van der Waals surface area (Å²) in [7, 11) is 0. The maximum Gasteiger partial charge on any atom is 0.262 e. The Hall–Kier alpha value is -2.59. The second-order valence-corrected chi connectivity index (χ2v) is 5.99. The van der Waals surface area contributed by atoms with Crippen molar-refractivity contribution in [3.63, 3.8) is 0 Å². The molecule has 4 nitrogen and oxygen atoms in total. The average molecular weight is 341 g/mol. The number of halogens is 1. The highest BCUT2D eigenvalue weighted by Gasteiger charge is 2.08. The van der Waals surface area contributed by atoms with E-state index in [-0.39, 0.29) is 12.5 Å². The number of aryl methyl sites for hydroxylation is 2. The third-order valence-corrected chi connectivity index (χ3v) is 4.04. The van der Waals surface area contributed by atoms with Crippen molar-refractivity contribution in [2.24, 2.45) is 0 Å². The Morgan fingerprint density at radius 2 is 2.00 bits per heavy atom. The summed E-state index contributed by atoms with van der Waals surface area (Å²) in [6.45, 7) is 3.73. The Kier molecular flexibility index (Phi) is 4.67. The van der Waals surface area contributed by atoms with Crippen LogP contribution in [0.15, 0.2) is 48.5 Å². The number of nitrogens with one attached hydrogen (secondary N) is 1. The molecule has 1 N–H and O–H groups in total. The summed E-state index contributed by atoms with van der Waals surface area (Å²) in [5.41, 5.74) is 3.26. The molecule has 0 aliphatic carbocycles. The summed E-state index contributed by atoms with van der Waals surface area (Å²) in [4.78, 5) is 16.6. The van der Waals surface area contributed by atoms with Crippen LogP contribution in [-0.2, 0) is 4.79 Å². The Labute approximate surface area is 145 Å². The van der Waals surface area contributed by atoms with Crippen molar-refractivity contribution in [1.82, 2.24) is 4.98 Å². The number of hydrogen-bond acceptors (Lipinski definition) is 3. The van der Waals surface area contributed by atoms with Crippen LogP contribution in [0.1, 0.15) is 11.3 Å². The van der Waals surface area contributed by atoms with Gasteiger partial charge in [0.15, 0.2) is 6.61 Å². The highest BCUT2D eigenvalue weighted by Crippen LogP contribution is 2.24. The van der Waals surface area contributed by atoms with Crippen LogP contribution >= 0.6 is 11.6 Å². The van der Waals surface area contributed by atoms with E-state index in [0.29, 0.717) is 16.5 Å². The molecular weight excluding hydrogens is 324 g/mol. The highest BCUT2D eigenvalue weighted by molar-refractivity contribution is 6.31. The van der Waals surface area contributed by atoms with E-state index in [9.17, 15) is 4.79 Å². The molecule has 0 aliphatic heterocycles. The third-order valence-electron chi connectivity index (χ3n) is 3.64. The minimum Gasteiger partial charge on any atom is -0.481 e. The lowest BCUT2D eigenvalue weighted by atomic mass is 10.2. The van der Waals surface area contributed by atoms with Crippen molar-refractivity contribution < 1.29 is 9.53 Å². The number of nitrogens with zero attached hydrogens (tertiary/aromatic N) is 1. The predicted octanol–water partition coefficient (Wildman–Crippen LogP) is 4.52. The molecule has 0 unspecified atom stereocenters. The molecule has 0 atom stereocenters. The van der Waals surface area contributed by atoms with E-state index in [4.69, 9.17) is 16.3 Å². The number of carbonyl (C=O) groups excluding carboxylic acids is 1. The second kappa shape index (κ2) is 6.89. The first-order chi connectivity index (χ1) is 11.5. The molecule has 0 spiro atoms. The van der Waals surface area contributed by atoms with Crippen LogP contribution in [0.3, 0.4) is 0 Å². The normalized spacial score (nSPS) is 10.6. The quantitative estimate of drug-likeness (QED) is 0.759. The van der Waals surface area contributed by atoms with Crippen molar-refractivity contribution in [3.05, 3.63) is 64.8 Å². The molecule has 1 aromatic heterocycles. The molecule has 0 saturated carbocycles. The van der Waals surface area contributed by atoms with Gasteiger partial charge in [-0.15, -0.1) is 0 Å². The zero-order chi connectivity index (χ0) is 17.1. The fraction of sp³-hybridized carbons (Fsp3) is 0.158. The number of rotatable bonds is 4. The molecule has 1 amide bonds. The van der Waals surface area contributed by atoms with Gasteiger partial charge in [0.2, 0.25) is 0 Å². The van der Waals surface area contributed by atoms with Gasteiger partial charge in [0.1, 0.15) is 11.3 Å². The molecule has 5 heteroatoms. The van der Waals surface area contributed by atoms with Gasteiger partial charge in [-0.05, 0) is 43.7 Å². The number of aromatic nitrogens is 1. The standard InChI is InChI=1S/C19H17ClN2O2/c1-12-6-9-15(10-16(12)20)22-18(23)11-24-17-5-3-4-14-8-7-13(2)21-19(14)17/h3-10H,11H2,1-2H3,(H,22,23). The molecule has 122 valence electrons. The van der Waals surface area contributed by atoms with Crippen LogP contribution < -0.4 is 10.1 Å². The maximum absolute atomic E-state index is 12.1. The Morgan fingerprint density at radius 1 is 1.17 bits per heavy atom. The minimum atomic E-state index is -0.250. The Morgan fingerprint density at radius 3 is 2.79 bits per heavy atom. The van der Waals surface area contributed by atoms with Gasteiger partial charge in [-0.25, -0.2) is 4.98 Å². The number of benzene rings is 2. The molecule has 0 fully saturated rings. The molecule has 3 aromatic rings. The van der Waals surface area contributed by atoms with Crippen LogP contribution in [0.2, 0.25) is 5.02 Å². The van der Waals surface area contributed by atoms with Crippen LogP contribution in [0.25, 0.3) is 10.9 Å². The number of ether oxygens (including phenoxy) is 1. The second-order valence-electron chi connectivity index (χ2n) is 5.58. The van der Waals surface area contributed by atoms with Gasteiger partial charge in [0, 0.05) is 21.8 Å². The summed E-state index contributed by atoms with van der Waals surface area (Å²) in [5, 5.41) is 4.36. The fourth-order valence-electron chi connectivity index (χ4n) is 2.34. The lowest BCUT2D eigenvalue weighted by Gasteiger charge is -2.10. The van der Waals surface area contributed by atoms with E-state index in [1.54, 1.807) is 6.07 Å². The SMILES string of the molecule is Cc1ccc2cccc(OCC(=O)Nc3ccc(C)c(Cl)c3)c2n1. The molecule has 3 rings (SSSR count). The maximum atomic E-state index is 12.1.